The largest absolute Gasteiger partial charge is 0.345 e. The number of sulfonamides is 1. The Hall–Kier alpha value is -1.92. The minimum absolute atomic E-state index is 0.0909. The Morgan fingerprint density at radius 1 is 1.00 bits per heavy atom. The number of benzene rings is 1. The highest BCUT2D eigenvalue weighted by atomic mass is 32.2. The van der Waals surface area contributed by atoms with Crippen LogP contribution < -0.4 is 5.14 Å². The van der Waals surface area contributed by atoms with Crippen LogP contribution in [0.25, 0.3) is 11.1 Å². The van der Waals surface area contributed by atoms with Gasteiger partial charge in [0, 0.05) is 35.0 Å². The van der Waals surface area contributed by atoms with Crippen LogP contribution in [0.4, 0.5) is 0 Å². The Labute approximate surface area is 173 Å². The van der Waals surface area contributed by atoms with Gasteiger partial charge in [0.1, 0.15) is 0 Å². The number of aromatic nitrogens is 1. The number of nitrogens with zero attached hydrogens (tertiary/aromatic N) is 1. The predicted molar refractivity (Wildman–Crippen MR) is 115 cm³/mol. The molecule has 2 saturated carbocycles. The minimum atomic E-state index is -3.74. The first-order valence-corrected chi connectivity index (χ1v) is 12.2. The third-order valence-corrected chi connectivity index (χ3v) is 7.49. The number of carbonyl (C=O) groups excluding carboxylic acids is 1. The molecule has 0 unspecified atom stereocenters. The number of primary sulfonamides is 1. The number of rotatable bonds is 6. The molecule has 1 heterocycles. The topological polar surface area (TPSA) is 82.2 Å². The molecule has 0 radical (unpaired) electrons. The van der Waals surface area contributed by atoms with Crippen LogP contribution >= 0.6 is 0 Å². The van der Waals surface area contributed by atoms with E-state index in [1.807, 2.05) is 0 Å². The van der Waals surface area contributed by atoms with Crippen LogP contribution in [-0.4, -0.2) is 18.8 Å². The molecule has 0 spiro atoms. The molecule has 2 fully saturated rings. The summed E-state index contributed by atoms with van der Waals surface area (Å²) in [5.41, 5.74) is 4.83. The lowest BCUT2D eigenvalue weighted by Crippen LogP contribution is -2.16. The molecular formula is C23H30N2O3S. The summed E-state index contributed by atoms with van der Waals surface area (Å²) < 4.78 is 25.6. The van der Waals surface area contributed by atoms with E-state index >= 15 is 0 Å². The van der Waals surface area contributed by atoms with E-state index in [4.69, 9.17) is 5.14 Å². The van der Waals surface area contributed by atoms with Gasteiger partial charge in [0.2, 0.25) is 10.0 Å². The molecule has 0 bridgehead atoms. The number of ketones is 1. The highest BCUT2D eigenvalue weighted by Crippen LogP contribution is 2.41. The van der Waals surface area contributed by atoms with Crippen LogP contribution in [0, 0.1) is 19.8 Å². The van der Waals surface area contributed by atoms with E-state index in [0.717, 1.165) is 53.8 Å². The maximum Gasteiger partial charge on any atom is 0.238 e. The zero-order valence-corrected chi connectivity index (χ0v) is 18.1. The summed E-state index contributed by atoms with van der Waals surface area (Å²) in [7, 11) is -3.74. The Bertz CT molecular complexity index is 1030. The maximum atomic E-state index is 13.3. The average Bonchev–Trinajstić information content (AvgIpc) is 3.45. The highest BCUT2D eigenvalue weighted by molar-refractivity contribution is 7.89. The summed E-state index contributed by atoms with van der Waals surface area (Å²) in [5, 5.41) is 5.26. The van der Waals surface area contributed by atoms with Gasteiger partial charge in [0.05, 0.1) is 4.90 Å². The second-order valence-corrected chi connectivity index (χ2v) is 10.3. The number of hydrogen-bond acceptors (Lipinski definition) is 3. The van der Waals surface area contributed by atoms with E-state index in [2.05, 4.69) is 18.4 Å². The molecule has 2 N–H and O–H groups in total. The summed E-state index contributed by atoms with van der Waals surface area (Å²) in [6, 6.07) is 7.06. The van der Waals surface area contributed by atoms with Crippen LogP contribution in [0.1, 0.15) is 79.2 Å². The van der Waals surface area contributed by atoms with Crippen molar-refractivity contribution in [1.82, 2.24) is 4.57 Å². The standard InChI is InChI=1S/C23H30N2O3S/c1-15-22(18-10-12-20(13-11-18)29(24,27)28)23(21(26)14-17-8-9-17)16(2)25(15)19-6-4-3-5-7-19/h10-13,17,19H,3-9,14H2,1-2H3,(H2,24,27,28). The third kappa shape index (κ3) is 4.05. The van der Waals surface area contributed by atoms with Gasteiger partial charge in [-0.05, 0) is 63.1 Å². The number of carbonyl (C=O) groups is 1. The van der Waals surface area contributed by atoms with Gasteiger partial charge in [-0.1, -0.05) is 31.4 Å². The van der Waals surface area contributed by atoms with Gasteiger partial charge in [0.15, 0.2) is 5.78 Å². The second kappa shape index (κ2) is 7.73. The molecule has 5 nitrogen and oxygen atoms in total. The highest BCUT2D eigenvalue weighted by Gasteiger charge is 2.31. The van der Waals surface area contributed by atoms with Crippen molar-refractivity contribution < 1.29 is 13.2 Å². The molecule has 0 amide bonds. The van der Waals surface area contributed by atoms with Crippen molar-refractivity contribution in [2.75, 3.05) is 0 Å². The van der Waals surface area contributed by atoms with Gasteiger partial charge in [-0.15, -0.1) is 0 Å². The molecule has 1 aromatic carbocycles. The molecular weight excluding hydrogens is 384 g/mol. The molecule has 2 aliphatic rings. The minimum Gasteiger partial charge on any atom is -0.345 e. The molecule has 2 aliphatic carbocycles. The summed E-state index contributed by atoms with van der Waals surface area (Å²) >= 11 is 0. The fourth-order valence-electron chi connectivity index (χ4n) is 4.93. The van der Waals surface area contributed by atoms with E-state index in [1.165, 1.54) is 31.4 Å². The molecule has 0 aliphatic heterocycles. The Balaban J connectivity index is 1.83. The first-order chi connectivity index (χ1) is 13.8. The third-order valence-electron chi connectivity index (χ3n) is 6.56. The van der Waals surface area contributed by atoms with Crippen molar-refractivity contribution >= 4 is 15.8 Å². The molecule has 0 saturated heterocycles. The Morgan fingerprint density at radius 3 is 2.17 bits per heavy atom. The van der Waals surface area contributed by atoms with Crippen LogP contribution in [0.15, 0.2) is 29.2 Å². The van der Waals surface area contributed by atoms with Crippen LogP contribution in [0.2, 0.25) is 0 Å². The van der Waals surface area contributed by atoms with Crippen molar-refractivity contribution in [1.29, 1.82) is 0 Å². The predicted octanol–water partition coefficient (Wildman–Crippen LogP) is 4.91. The van der Waals surface area contributed by atoms with Crippen molar-refractivity contribution in [3.63, 3.8) is 0 Å². The van der Waals surface area contributed by atoms with Crippen molar-refractivity contribution in [3.05, 3.63) is 41.2 Å². The van der Waals surface area contributed by atoms with Gasteiger partial charge < -0.3 is 4.57 Å². The maximum absolute atomic E-state index is 13.3. The van der Waals surface area contributed by atoms with Crippen molar-refractivity contribution in [3.8, 4) is 11.1 Å². The van der Waals surface area contributed by atoms with Gasteiger partial charge in [0.25, 0.3) is 0 Å². The Kier molecular flexibility index (Phi) is 5.42. The smallest absolute Gasteiger partial charge is 0.238 e. The fourth-order valence-corrected chi connectivity index (χ4v) is 5.45. The SMILES string of the molecule is Cc1c(C(=O)CC2CC2)c(-c2ccc(S(N)(=O)=O)cc2)c(C)n1C1CCCCC1. The molecule has 4 rings (SSSR count). The average molecular weight is 415 g/mol. The van der Waals surface area contributed by atoms with E-state index in [-0.39, 0.29) is 10.7 Å². The van der Waals surface area contributed by atoms with E-state index in [0.29, 0.717) is 18.4 Å². The number of nitrogens with two attached hydrogens (primary N) is 1. The lowest BCUT2D eigenvalue weighted by atomic mass is 9.95. The van der Waals surface area contributed by atoms with Gasteiger partial charge in [-0.2, -0.15) is 0 Å². The zero-order valence-electron chi connectivity index (χ0n) is 17.3. The lowest BCUT2D eigenvalue weighted by Gasteiger charge is -2.26. The zero-order chi connectivity index (χ0) is 20.8. The molecule has 0 atom stereocenters. The molecule has 29 heavy (non-hydrogen) atoms. The molecule has 2 aromatic rings. The Morgan fingerprint density at radius 2 is 1.62 bits per heavy atom. The van der Waals surface area contributed by atoms with E-state index in [1.54, 1.807) is 12.1 Å². The van der Waals surface area contributed by atoms with Gasteiger partial charge in [-0.25, -0.2) is 13.6 Å². The van der Waals surface area contributed by atoms with Gasteiger partial charge in [-0.3, -0.25) is 4.79 Å². The number of hydrogen-bond donors (Lipinski definition) is 1. The molecule has 156 valence electrons. The van der Waals surface area contributed by atoms with Crippen LogP contribution in [0.3, 0.4) is 0 Å². The van der Waals surface area contributed by atoms with Crippen LogP contribution in [-0.2, 0) is 10.0 Å². The summed E-state index contributed by atoms with van der Waals surface area (Å²) in [4.78, 5) is 13.3. The van der Waals surface area contributed by atoms with Crippen molar-refractivity contribution in [2.24, 2.45) is 11.1 Å². The van der Waals surface area contributed by atoms with E-state index in [9.17, 15) is 13.2 Å². The van der Waals surface area contributed by atoms with Crippen molar-refractivity contribution in [2.45, 2.75) is 76.2 Å². The molecule has 6 heteroatoms. The summed E-state index contributed by atoms with van der Waals surface area (Å²) in [5.74, 6) is 0.742. The fraction of sp³-hybridized carbons (Fsp3) is 0.522. The first kappa shape index (κ1) is 20.4. The summed E-state index contributed by atoms with van der Waals surface area (Å²) in [6.07, 6.45) is 8.93. The molecule has 1 aromatic heterocycles. The lowest BCUT2D eigenvalue weighted by molar-refractivity contribution is 0.0976. The summed E-state index contributed by atoms with van der Waals surface area (Å²) in [6.45, 7) is 4.17. The van der Waals surface area contributed by atoms with E-state index < -0.39 is 10.0 Å². The monoisotopic (exact) mass is 414 g/mol. The number of Topliss-reactive ketones (excluding diaryl/α,β-unsaturated/α-hetero) is 1. The van der Waals surface area contributed by atoms with Crippen LogP contribution in [0.5, 0.6) is 0 Å². The second-order valence-electron chi connectivity index (χ2n) is 8.72. The van der Waals surface area contributed by atoms with Gasteiger partial charge >= 0.3 is 0 Å². The first-order valence-electron chi connectivity index (χ1n) is 10.6. The normalized spacial score (nSPS) is 18.2. The quantitative estimate of drug-likeness (QED) is 0.682.